The molecule has 3 nitrogen and oxygen atoms in total. The van der Waals surface area contributed by atoms with Crippen molar-refractivity contribution in [1.29, 1.82) is 0 Å². The average molecular weight is 255 g/mol. The normalized spacial score (nSPS) is 12.7. The molecular weight excluding hydrogens is 244 g/mol. The fraction of sp³-hybridized carbons (Fsp3) is 0.182. The van der Waals surface area contributed by atoms with E-state index in [1.54, 1.807) is 6.20 Å². The maximum atomic E-state index is 6.14. The van der Waals surface area contributed by atoms with Crippen molar-refractivity contribution < 1.29 is 4.42 Å². The van der Waals surface area contributed by atoms with E-state index in [2.05, 4.69) is 4.98 Å². The Bertz CT molecular complexity index is 471. The van der Waals surface area contributed by atoms with E-state index >= 15 is 0 Å². The van der Waals surface area contributed by atoms with Gasteiger partial charge in [-0.3, -0.25) is 0 Å². The standard InChI is InChI=1S/C11H11ClN2OS/c1-7(13)8-2-3-10(9(12)6-8)16-11-14-4-5-15-11/h2-7H,13H2,1H3/t7-/m0/s1. The van der Waals surface area contributed by atoms with Gasteiger partial charge in [-0.25, -0.2) is 4.98 Å². The molecule has 2 aromatic rings. The van der Waals surface area contributed by atoms with Gasteiger partial charge in [0, 0.05) is 10.9 Å². The molecule has 1 aromatic carbocycles. The molecule has 0 unspecified atom stereocenters. The molecule has 0 aliphatic rings. The fourth-order valence-electron chi connectivity index (χ4n) is 1.24. The second-order valence-corrected chi connectivity index (χ2v) is 4.78. The summed E-state index contributed by atoms with van der Waals surface area (Å²) in [4.78, 5) is 4.93. The van der Waals surface area contributed by atoms with Gasteiger partial charge in [-0.05, 0) is 36.4 Å². The Morgan fingerprint density at radius 1 is 1.50 bits per heavy atom. The third kappa shape index (κ3) is 2.58. The van der Waals surface area contributed by atoms with Crippen LogP contribution >= 0.6 is 23.4 Å². The SMILES string of the molecule is C[C@H](N)c1ccc(Sc2ncco2)c(Cl)c1. The maximum absolute atomic E-state index is 6.14. The maximum Gasteiger partial charge on any atom is 0.260 e. The van der Waals surface area contributed by atoms with E-state index in [1.165, 1.54) is 18.0 Å². The number of nitrogens with two attached hydrogens (primary N) is 1. The number of rotatable bonds is 3. The van der Waals surface area contributed by atoms with Gasteiger partial charge >= 0.3 is 0 Å². The summed E-state index contributed by atoms with van der Waals surface area (Å²) in [5.41, 5.74) is 6.79. The lowest BCUT2D eigenvalue weighted by Gasteiger charge is -2.07. The lowest BCUT2D eigenvalue weighted by Crippen LogP contribution is -2.04. The molecule has 2 N–H and O–H groups in total. The zero-order chi connectivity index (χ0) is 11.5. The highest BCUT2D eigenvalue weighted by Crippen LogP contribution is 2.33. The number of hydrogen-bond acceptors (Lipinski definition) is 4. The van der Waals surface area contributed by atoms with Crippen molar-refractivity contribution in [2.24, 2.45) is 5.73 Å². The van der Waals surface area contributed by atoms with Crippen molar-refractivity contribution in [1.82, 2.24) is 4.98 Å². The van der Waals surface area contributed by atoms with E-state index in [0.717, 1.165) is 10.5 Å². The summed E-state index contributed by atoms with van der Waals surface area (Å²) < 4.78 is 5.14. The molecule has 0 radical (unpaired) electrons. The molecule has 5 heteroatoms. The van der Waals surface area contributed by atoms with E-state index in [4.69, 9.17) is 21.8 Å². The van der Waals surface area contributed by atoms with Crippen molar-refractivity contribution in [2.75, 3.05) is 0 Å². The molecule has 0 bridgehead atoms. The summed E-state index contributed by atoms with van der Waals surface area (Å²) in [7, 11) is 0. The molecule has 1 heterocycles. The highest BCUT2D eigenvalue weighted by atomic mass is 35.5. The lowest BCUT2D eigenvalue weighted by atomic mass is 10.1. The molecule has 1 aromatic heterocycles. The Hall–Kier alpha value is -0.970. The van der Waals surface area contributed by atoms with Gasteiger partial charge in [0.1, 0.15) is 6.26 Å². The molecule has 16 heavy (non-hydrogen) atoms. The summed E-state index contributed by atoms with van der Waals surface area (Å²) in [5, 5.41) is 1.24. The minimum atomic E-state index is -0.0155. The number of hydrogen-bond donors (Lipinski definition) is 1. The van der Waals surface area contributed by atoms with Gasteiger partial charge in [-0.1, -0.05) is 17.7 Å². The number of nitrogens with zero attached hydrogens (tertiary/aromatic N) is 1. The second kappa shape index (κ2) is 4.91. The van der Waals surface area contributed by atoms with Crippen LogP contribution < -0.4 is 5.73 Å². The summed E-state index contributed by atoms with van der Waals surface area (Å²) >= 11 is 7.54. The van der Waals surface area contributed by atoms with Gasteiger partial charge in [-0.15, -0.1) is 0 Å². The highest BCUT2D eigenvalue weighted by Gasteiger charge is 2.08. The van der Waals surface area contributed by atoms with Crippen LogP contribution in [0.5, 0.6) is 0 Å². The van der Waals surface area contributed by atoms with Crippen LogP contribution in [0.1, 0.15) is 18.5 Å². The van der Waals surface area contributed by atoms with Crippen LogP contribution in [-0.4, -0.2) is 4.98 Å². The molecule has 0 saturated heterocycles. The van der Waals surface area contributed by atoms with Crippen molar-refractivity contribution in [3.8, 4) is 0 Å². The van der Waals surface area contributed by atoms with Gasteiger partial charge in [-0.2, -0.15) is 0 Å². The average Bonchev–Trinajstić information content (AvgIpc) is 2.73. The van der Waals surface area contributed by atoms with Crippen molar-refractivity contribution >= 4 is 23.4 Å². The lowest BCUT2D eigenvalue weighted by molar-refractivity contribution is 0.454. The molecule has 1 atom stereocenters. The zero-order valence-electron chi connectivity index (χ0n) is 8.68. The molecular formula is C11H11ClN2OS. The largest absolute Gasteiger partial charge is 0.440 e. The molecule has 2 rings (SSSR count). The smallest absolute Gasteiger partial charge is 0.260 e. The van der Waals surface area contributed by atoms with Gasteiger partial charge in [0.15, 0.2) is 0 Å². The summed E-state index contributed by atoms with van der Waals surface area (Å²) in [6.07, 6.45) is 3.14. The van der Waals surface area contributed by atoms with Gasteiger partial charge < -0.3 is 10.2 Å². The number of oxazole rings is 1. The Balaban J connectivity index is 2.23. The number of aromatic nitrogens is 1. The zero-order valence-corrected chi connectivity index (χ0v) is 10.3. The van der Waals surface area contributed by atoms with Gasteiger partial charge in [0.05, 0.1) is 11.2 Å². The Labute approximate surface area is 103 Å². The molecule has 0 fully saturated rings. The highest BCUT2D eigenvalue weighted by molar-refractivity contribution is 7.99. The first-order valence-electron chi connectivity index (χ1n) is 4.79. The van der Waals surface area contributed by atoms with Crippen molar-refractivity contribution in [2.45, 2.75) is 23.1 Å². The van der Waals surface area contributed by atoms with Crippen LogP contribution in [0.15, 0.2) is 45.2 Å². The third-order valence-corrected chi connectivity index (χ3v) is 3.47. The first kappa shape index (κ1) is 11.5. The van der Waals surface area contributed by atoms with Crippen LogP contribution in [0, 0.1) is 0 Å². The Morgan fingerprint density at radius 3 is 2.88 bits per heavy atom. The molecule has 84 valence electrons. The second-order valence-electron chi connectivity index (χ2n) is 3.38. The quantitative estimate of drug-likeness (QED) is 0.911. The van der Waals surface area contributed by atoms with E-state index in [0.29, 0.717) is 10.2 Å². The van der Waals surface area contributed by atoms with E-state index < -0.39 is 0 Å². The Kier molecular flexibility index (Phi) is 3.53. The molecule has 0 aliphatic heterocycles. The first-order chi connectivity index (χ1) is 7.66. The van der Waals surface area contributed by atoms with Crippen LogP contribution in [0.3, 0.4) is 0 Å². The van der Waals surface area contributed by atoms with Gasteiger partial charge in [0.25, 0.3) is 5.22 Å². The summed E-state index contributed by atoms with van der Waals surface area (Å²) in [6.45, 7) is 1.92. The molecule has 0 spiro atoms. The molecule has 0 amide bonds. The van der Waals surface area contributed by atoms with Crippen molar-refractivity contribution in [3.63, 3.8) is 0 Å². The predicted octanol–water partition coefficient (Wildman–Crippen LogP) is 3.50. The molecule has 0 saturated carbocycles. The van der Waals surface area contributed by atoms with Gasteiger partial charge in [0.2, 0.25) is 0 Å². The Morgan fingerprint density at radius 2 is 2.31 bits per heavy atom. The minimum Gasteiger partial charge on any atom is -0.440 e. The summed E-state index contributed by atoms with van der Waals surface area (Å²) in [6, 6.07) is 5.74. The summed E-state index contributed by atoms with van der Waals surface area (Å²) in [5.74, 6) is 0. The monoisotopic (exact) mass is 254 g/mol. The van der Waals surface area contributed by atoms with Crippen LogP contribution in [0.2, 0.25) is 5.02 Å². The number of benzene rings is 1. The fourth-order valence-corrected chi connectivity index (χ4v) is 2.24. The molecule has 0 aliphatic carbocycles. The van der Waals surface area contributed by atoms with Crippen LogP contribution in [-0.2, 0) is 0 Å². The van der Waals surface area contributed by atoms with E-state index in [1.807, 2.05) is 25.1 Å². The van der Waals surface area contributed by atoms with E-state index in [9.17, 15) is 0 Å². The third-order valence-electron chi connectivity index (χ3n) is 2.09. The number of halogens is 1. The van der Waals surface area contributed by atoms with Crippen LogP contribution in [0.4, 0.5) is 0 Å². The van der Waals surface area contributed by atoms with Crippen molar-refractivity contribution in [3.05, 3.63) is 41.2 Å². The first-order valence-corrected chi connectivity index (χ1v) is 5.98. The van der Waals surface area contributed by atoms with Crippen LogP contribution in [0.25, 0.3) is 0 Å². The minimum absolute atomic E-state index is 0.0155. The predicted molar refractivity (Wildman–Crippen MR) is 64.7 cm³/mol. The van der Waals surface area contributed by atoms with E-state index in [-0.39, 0.29) is 6.04 Å². The topological polar surface area (TPSA) is 52.0 Å².